The standard InChI is InChI=1S/C25H26N4O3/c1-28-14-19(13-27-28)17-8-6-16(7-9-17)10-18-11-20-21(12-24(18)32-2)26-15-29(25(20)31)22-4-3-5-23(22)30/h6-9,11-15,22-23,30H,3-5,10H2,1-2H3/t22-,23-/m0/s1. The van der Waals surface area contributed by atoms with Crippen molar-refractivity contribution in [2.24, 2.45) is 7.05 Å². The smallest absolute Gasteiger partial charge is 0.261 e. The van der Waals surface area contributed by atoms with Gasteiger partial charge in [0.1, 0.15) is 5.75 Å². The van der Waals surface area contributed by atoms with Crippen molar-refractivity contribution in [2.75, 3.05) is 7.11 Å². The second-order valence-corrected chi connectivity index (χ2v) is 8.48. The van der Waals surface area contributed by atoms with Crippen molar-refractivity contribution in [2.45, 2.75) is 37.8 Å². The third-order valence-electron chi connectivity index (χ3n) is 6.37. The van der Waals surface area contributed by atoms with E-state index in [1.807, 2.05) is 31.6 Å². The Hall–Kier alpha value is -3.45. The van der Waals surface area contributed by atoms with Crippen LogP contribution in [0.25, 0.3) is 22.0 Å². The van der Waals surface area contributed by atoms with E-state index in [0.29, 0.717) is 23.1 Å². The first kappa shape index (κ1) is 20.5. The number of methoxy groups -OCH3 is 1. The highest BCUT2D eigenvalue weighted by Gasteiger charge is 2.28. The van der Waals surface area contributed by atoms with Crippen LogP contribution in [-0.4, -0.2) is 37.7 Å². The monoisotopic (exact) mass is 430 g/mol. The van der Waals surface area contributed by atoms with Gasteiger partial charge in [-0.1, -0.05) is 24.3 Å². The second-order valence-electron chi connectivity index (χ2n) is 8.48. The molecule has 1 aliphatic rings. The summed E-state index contributed by atoms with van der Waals surface area (Å²) >= 11 is 0. The van der Waals surface area contributed by atoms with E-state index in [1.165, 1.54) is 0 Å². The molecule has 2 heterocycles. The molecule has 4 aromatic rings. The van der Waals surface area contributed by atoms with Gasteiger partial charge in [0.15, 0.2) is 0 Å². The molecule has 7 heteroatoms. The third kappa shape index (κ3) is 3.69. The first-order valence-corrected chi connectivity index (χ1v) is 10.9. The lowest BCUT2D eigenvalue weighted by atomic mass is 10.00. The van der Waals surface area contributed by atoms with Crippen molar-refractivity contribution in [3.05, 3.63) is 76.6 Å². The zero-order valence-electron chi connectivity index (χ0n) is 18.2. The molecular weight excluding hydrogens is 404 g/mol. The number of aromatic nitrogens is 4. The summed E-state index contributed by atoms with van der Waals surface area (Å²) in [5.74, 6) is 0.708. The molecule has 0 aliphatic heterocycles. The lowest BCUT2D eigenvalue weighted by Crippen LogP contribution is -2.29. The fraction of sp³-hybridized carbons (Fsp3) is 0.320. The Morgan fingerprint density at radius 2 is 1.97 bits per heavy atom. The molecule has 1 aliphatic carbocycles. The number of aliphatic hydroxyl groups excluding tert-OH is 1. The summed E-state index contributed by atoms with van der Waals surface area (Å²) in [6.07, 6.45) is 7.95. The largest absolute Gasteiger partial charge is 0.496 e. The minimum absolute atomic E-state index is 0.114. The minimum atomic E-state index is -0.497. The Balaban J connectivity index is 1.50. The molecule has 0 saturated heterocycles. The highest BCUT2D eigenvalue weighted by Crippen LogP contribution is 2.30. The summed E-state index contributed by atoms with van der Waals surface area (Å²) in [6.45, 7) is 0. The average molecular weight is 431 g/mol. The van der Waals surface area contributed by atoms with Gasteiger partial charge in [-0.05, 0) is 42.0 Å². The van der Waals surface area contributed by atoms with E-state index in [0.717, 1.165) is 41.5 Å². The van der Waals surface area contributed by atoms with Crippen LogP contribution in [0.4, 0.5) is 0 Å². The van der Waals surface area contributed by atoms with E-state index >= 15 is 0 Å². The molecule has 2 atom stereocenters. The van der Waals surface area contributed by atoms with Crippen molar-refractivity contribution in [3.8, 4) is 16.9 Å². The zero-order chi connectivity index (χ0) is 22.2. The number of ether oxygens (including phenoxy) is 1. The fourth-order valence-corrected chi connectivity index (χ4v) is 4.62. The van der Waals surface area contributed by atoms with Crippen molar-refractivity contribution in [1.82, 2.24) is 19.3 Å². The molecule has 1 N–H and O–H groups in total. The van der Waals surface area contributed by atoms with E-state index in [-0.39, 0.29) is 11.6 Å². The van der Waals surface area contributed by atoms with E-state index in [2.05, 4.69) is 34.3 Å². The maximum Gasteiger partial charge on any atom is 0.261 e. The van der Waals surface area contributed by atoms with Gasteiger partial charge in [0, 0.05) is 31.3 Å². The summed E-state index contributed by atoms with van der Waals surface area (Å²) in [6, 6.07) is 11.8. The number of hydrogen-bond donors (Lipinski definition) is 1. The summed E-state index contributed by atoms with van der Waals surface area (Å²) < 4.78 is 8.99. The van der Waals surface area contributed by atoms with Gasteiger partial charge in [-0.15, -0.1) is 0 Å². The minimum Gasteiger partial charge on any atom is -0.496 e. The van der Waals surface area contributed by atoms with Gasteiger partial charge in [-0.2, -0.15) is 5.10 Å². The van der Waals surface area contributed by atoms with Crippen LogP contribution in [0.1, 0.15) is 36.4 Å². The van der Waals surface area contributed by atoms with Gasteiger partial charge in [0.25, 0.3) is 5.56 Å². The molecule has 0 radical (unpaired) electrons. The Morgan fingerprint density at radius 3 is 2.62 bits per heavy atom. The molecule has 1 fully saturated rings. The number of hydrogen-bond acceptors (Lipinski definition) is 5. The summed E-state index contributed by atoms with van der Waals surface area (Å²) in [5, 5.41) is 15.0. The van der Waals surface area contributed by atoms with Gasteiger partial charge in [-0.25, -0.2) is 4.98 Å². The first-order chi connectivity index (χ1) is 15.5. The molecule has 0 spiro atoms. The van der Waals surface area contributed by atoms with Gasteiger partial charge in [-0.3, -0.25) is 14.0 Å². The highest BCUT2D eigenvalue weighted by molar-refractivity contribution is 5.80. The molecule has 5 rings (SSSR count). The van der Waals surface area contributed by atoms with Crippen molar-refractivity contribution in [1.29, 1.82) is 0 Å². The molecule has 164 valence electrons. The van der Waals surface area contributed by atoms with Gasteiger partial charge < -0.3 is 9.84 Å². The number of fused-ring (bicyclic) bond motifs is 1. The van der Waals surface area contributed by atoms with Gasteiger partial charge >= 0.3 is 0 Å². The lowest BCUT2D eigenvalue weighted by molar-refractivity contribution is 0.134. The zero-order valence-corrected chi connectivity index (χ0v) is 18.2. The average Bonchev–Trinajstić information content (AvgIpc) is 3.43. The Morgan fingerprint density at radius 1 is 1.16 bits per heavy atom. The number of nitrogens with zero attached hydrogens (tertiary/aromatic N) is 4. The quantitative estimate of drug-likeness (QED) is 0.524. The molecule has 0 amide bonds. The van der Waals surface area contributed by atoms with Crippen LogP contribution < -0.4 is 10.3 Å². The van der Waals surface area contributed by atoms with Crippen LogP contribution in [0, 0.1) is 0 Å². The summed E-state index contributed by atoms with van der Waals surface area (Å²) in [5.41, 5.74) is 4.71. The number of rotatable bonds is 5. The molecule has 1 saturated carbocycles. The van der Waals surface area contributed by atoms with Crippen molar-refractivity contribution >= 4 is 10.9 Å². The fourth-order valence-electron chi connectivity index (χ4n) is 4.62. The maximum atomic E-state index is 13.2. The van der Waals surface area contributed by atoms with Crippen LogP contribution in [0.3, 0.4) is 0 Å². The van der Waals surface area contributed by atoms with Crippen LogP contribution in [0.2, 0.25) is 0 Å². The SMILES string of the molecule is COc1cc2ncn([C@H]3CCC[C@@H]3O)c(=O)c2cc1Cc1ccc(-c2cnn(C)c2)cc1. The Labute approximate surface area is 185 Å². The van der Waals surface area contributed by atoms with Crippen LogP contribution >= 0.6 is 0 Å². The first-order valence-electron chi connectivity index (χ1n) is 10.9. The van der Waals surface area contributed by atoms with Crippen LogP contribution in [0.5, 0.6) is 5.75 Å². The van der Waals surface area contributed by atoms with E-state index < -0.39 is 6.10 Å². The number of aryl methyl sites for hydroxylation is 1. The topological polar surface area (TPSA) is 82.2 Å². The molecule has 0 bridgehead atoms. The molecule has 2 aromatic heterocycles. The predicted octanol–water partition coefficient (Wildman–Crippen LogP) is 3.48. The summed E-state index contributed by atoms with van der Waals surface area (Å²) in [7, 11) is 3.53. The third-order valence-corrected chi connectivity index (χ3v) is 6.37. The van der Waals surface area contributed by atoms with Crippen molar-refractivity contribution < 1.29 is 9.84 Å². The molecule has 2 aromatic carbocycles. The second kappa shape index (κ2) is 8.24. The predicted molar refractivity (Wildman–Crippen MR) is 123 cm³/mol. The lowest BCUT2D eigenvalue weighted by Gasteiger charge is -2.18. The van der Waals surface area contributed by atoms with E-state index in [4.69, 9.17) is 4.74 Å². The Bertz CT molecular complexity index is 1320. The maximum absolute atomic E-state index is 13.2. The van der Waals surface area contributed by atoms with E-state index in [1.54, 1.807) is 22.7 Å². The van der Waals surface area contributed by atoms with E-state index in [9.17, 15) is 9.90 Å². The van der Waals surface area contributed by atoms with Gasteiger partial charge in [0.05, 0.1) is 42.7 Å². The number of aliphatic hydroxyl groups is 1. The van der Waals surface area contributed by atoms with Crippen LogP contribution in [-0.2, 0) is 13.5 Å². The van der Waals surface area contributed by atoms with Crippen molar-refractivity contribution in [3.63, 3.8) is 0 Å². The molecule has 32 heavy (non-hydrogen) atoms. The molecule has 0 unspecified atom stereocenters. The Kier molecular flexibility index (Phi) is 5.27. The van der Waals surface area contributed by atoms with Crippen LogP contribution in [0.15, 0.2) is 59.9 Å². The molecular formula is C25H26N4O3. The normalized spacial score (nSPS) is 18.3. The highest BCUT2D eigenvalue weighted by atomic mass is 16.5. The van der Waals surface area contributed by atoms with Gasteiger partial charge in [0.2, 0.25) is 0 Å². The summed E-state index contributed by atoms with van der Waals surface area (Å²) in [4.78, 5) is 17.7. The number of benzene rings is 2. The molecule has 7 nitrogen and oxygen atoms in total.